The predicted octanol–water partition coefficient (Wildman–Crippen LogP) is 3.40. The Kier molecular flexibility index (Phi) is 6.96. The van der Waals surface area contributed by atoms with Crippen molar-refractivity contribution in [2.24, 2.45) is 0 Å². The van der Waals surface area contributed by atoms with E-state index in [9.17, 15) is 9.59 Å². The lowest BCUT2D eigenvalue weighted by atomic mass is 10.0. The van der Waals surface area contributed by atoms with Gasteiger partial charge < -0.3 is 10.2 Å². The zero-order valence-corrected chi connectivity index (χ0v) is 16.1. The molecule has 0 aromatic heterocycles. The maximum absolute atomic E-state index is 13.1. The van der Waals surface area contributed by atoms with Crippen molar-refractivity contribution in [2.45, 2.75) is 46.2 Å². The first-order chi connectivity index (χ1) is 12.4. The zero-order valence-electron chi connectivity index (χ0n) is 16.1. The molecule has 26 heavy (non-hydrogen) atoms. The topological polar surface area (TPSA) is 49.4 Å². The second kappa shape index (κ2) is 9.18. The normalized spacial score (nSPS) is 11.7. The molecule has 0 saturated heterocycles. The highest BCUT2D eigenvalue weighted by Crippen LogP contribution is 2.16. The molecular weight excluding hydrogens is 324 g/mol. The van der Waals surface area contributed by atoms with Crippen molar-refractivity contribution in [2.75, 3.05) is 7.05 Å². The summed E-state index contributed by atoms with van der Waals surface area (Å²) in [4.78, 5) is 27.1. The maximum Gasteiger partial charge on any atom is 0.242 e. The van der Waals surface area contributed by atoms with Crippen LogP contribution in [0.4, 0.5) is 0 Å². The van der Waals surface area contributed by atoms with Gasteiger partial charge >= 0.3 is 0 Å². The van der Waals surface area contributed by atoms with E-state index in [-0.39, 0.29) is 11.8 Å². The third-order valence-electron chi connectivity index (χ3n) is 4.46. The molecule has 0 unspecified atom stereocenters. The summed E-state index contributed by atoms with van der Waals surface area (Å²) in [6.07, 6.45) is 0.869. The van der Waals surface area contributed by atoms with E-state index in [0.717, 1.165) is 22.3 Å². The second-order valence-corrected chi connectivity index (χ2v) is 6.72. The molecule has 0 bridgehead atoms. The van der Waals surface area contributed by atoms with Gasteiger partial charge in [-0.2, -0.15) is 0 Å². The van der Waals surface area contributed by atoms with Gasteiger partial charge in [0.2, 0.25) is 11.8 Å². The molecule has 4 heteroatoms. The van der Waals surface area contributed by atoms with Gasteiger partial charge in [0.15, 0.2) is 0 Å². The molecule has 0 saturated carbocycles. The van der Waals surface area contributed by atoms with Crippen LogP contribution in [0.3, 0.4) is 0 Å². The van der Waals surface area contributed by atoms with Crippen molar-refractivity contribution in [1.82, 2.24) is 10.2 Å². The third-order valence-corrected chi connectivity index (χ3v) is 4.46. The Labute approximate surface area is 156 Å². The lowest BCUT2D eigenvalue weighted by Gasteiger charge is -2.30. The van der Waals surface area contributed by atoms with Gasteiger partial charge in [0, 0.05) is 13.6 Å². The van der Waals surface area contributed by atoms with Crippen LogP contribution in [-0.4, -0.2) is 29.8 Å². The summed E-state index contributed by atoms with van der Waals surface area (Å²) < 4.78 is 0. The molecule has 0 spiro atoms. The molecule has 0 radical (unpaired) electrons. The lowest BCUT2D eigenvalue weighted by molar-refractivity contribution is -0.140. The predicted molar refractivity (Wildman–Crippen MR) is 105 cm³/mol. The zero-order chi connectivity index (χ0) is 19.1. The molecule has 0 aliphatic carbocycles. The standard InChI is InChI=1S/C22H28N2O2/c1-5-20(22(26)23-4)24(15-18-9-7-6-8-10-18)21(25)14-19-12-16(2)11-17(3)13-19/h6-13,20H,5,14-15H2,1-4H3,(H,23,26)/t20-/m1/s1. The average Bonchev–Trinajstić information content (AvgIpc) is 2.61. The molecule has 2 aromatic rings. The summed E-state index contributed by atoms with van der Waals surface area (Å²) >= 11 is 0. The Hall–Kier alpha value is -2.62. The van der Waals surface area contributed by atoms with Crippen LogP contribution in [0.15, 0.2) is 48.5 Å². The fraction of sp³-hybridized carbons (Fsp3) is 0.364. The molecule has 2 rings (SSSR count). The smallest absolute Gasteiger partial charge is 0.242 e. The second-order valence-electron chi connectivity index (χ2n) is 6.72. The molecule has 2 amide bonds. The van der Waals surface area contributed by atoms with Crippen molar-refractivity contribution in [1.29, 1.82) is 0 Å². The summed E-state index contributed by atoms with van der Waals surface area (Å²) in [6.45, 7) is 6.42. The number of rotatable bonds is 7. The van der Waals surface area contributed by atoms with Crippen LogP contribution >= 0.6 is 0 Å². The van der Waals surface area contributed by atoms with E-state index in [4.69, 9.17) is 0 Å². The Morgan fingerprint density at radius 1 is 1.00 bits per heavy atom. The number of aryl methyl sites for hydroxylation is 2. The molecule has 0 aliphatic heterocycles. The van der Waals surface area contributed by atoms with E-state index in [0.29, 0.717) is 19.4 Å². The van der Waals surface area contributed by atoms with Gasteiger partial charge in [-0.15, -0.1) is 0 Å². The summed E-state index contributed by atoms with van der Waals surface area (Å²) in [5.74, 6) is -0.161. The number of nitrogens with one attached hydrogen (secondary N) is 1. The van der Waals surface area contributed by atoms with E-state index in [1.807, 2.05) is 63.2 Å². The number of hydrogen-bond acceptors (Lipinski definition) is 2. The Morgan fingerprint density at radius 3 is 2.15 bits per heavy atom. The summed E-state index contributed by atoms with van der Waals surface area (Å²) in [6, 6.07) is 15.5. The van der Waals surface area contributed by atoms with E-state index < -0.39 is 6.04 Å². The minimum absolute atomic E-state index is 0.0331. The van der Waals surface area contributed by atoms with Crippen molar-refractivity contribution in [3.05, 3.63) is 70.8 Å². The third kappa shape index (κ3) is 5.19. The van der Waals surface area contributed by atoms with Gasteiger partial charge in [-0.3, -0.25) is 9.59 Å². The quantitative estimate of drug-likeness (QED) is 0.830. The number of benzene rings is 2. The van der Waals surface area contributed by atoms with E-state index >= 15 is 0 Å². The van der Waals surface area contributed by atoms with Crippen molar-refractivity contribution >= 4 is 11.8 Å². The van der Waals surface area contributed by atoms with Crippen LogP contribution in [0.2, 0.25) is 0 Å². The number of amides is 2. The highest BCUT2D eigenvalue weighted by Gasteiger charge is 2.27. The first-order valence-electron chi connectivity index (χ1n) is 9.06. The summed E-state index contributed by atoms with van der Waals surface area (Å²) in [5, 5.41) is 2.69. The molecule has 0 aliphatic rings. The minimum atomic E-state index is -0.474. The Balaban J connectivity index is 2.28. The van der Waals surface area contributed by atoms with Crippen LogP contribution in [0.5, 0.6) is 0 Å². The maximum atomic E-state index is 13.1. The van der Waals surface area contributed by atoms with Gasteiger partial charge in [0.25, 0.3) is 0 Å². The fourth-order valence-electron chi connectivity index (χ4n) is 3.31. The van der Waals surface area contributed by atoms with Crippen LogP contribution in [0, 0.1) is 13.8 Å². The van der Waals surface area contributed by atoms with Crippen LogP contribution < -0.4 is 5.32 Å². The number of nitrogens with zero attached hydrogens (tertiary/aromatic N) is 1. The van der Waals surface area contributed by atoms with E-state index in [2.05, 4.69) is 11.4 Å². The van der Waals surface area contributed by atoms with Gasteiger partial charge in [-0.25, -0.2) is 0 Å². The first-order valence-corrected chi connectivity index (χ1v) is 9.06. The highest BCUT2D eigenvalue weighted by atomic mass is 16.2. The van der Waals surface area contributed by atoms with Gasteiger partial charge in [-0.1, -0.05) is 66.6 Å². The Morgan fingerprint density at radius 2 is 1.62 bits per heavy atom. The number of carbonyl (C=O) groups is 2. The van der Waals surface area contributed by atoms with Crippen molar-refractivity contribution < 1.29 is 9.59 Å². The van der Waals surface area contributed by atoms with Crippen molar-refractivity contribution in [3.63, 3.8) is 0 Å². The lowest BCUT2D eigenvalue weighted by Crippen LogP contribution is -2.48. The first kappa shape index (κ1) is 19.7. The minimum Gasteiger partial charge on any atom is -0.357 e. The molecule has 2 aromatic carbocycles. The number of likely N-dealkylation sites (N-methyl/N-ethyl adjacent to an activating group) is 1. The number of hydrogen-bond donors (Lipinski definition) is 1. The summed E-state index contributed by atoms with van der Waals surface area (Å²) in [7, 11) is 1.61. The monoisotopic (exact) mass is 352 g/mol. The van der Waals surface area contributed by atoms with Gasteiger partial charge in [-0.05, 0) is 31.4 Å². The van der Waals surface area contributed by atoms with Crippen LogP contribution in [0.25, 0.3) is 0 Å². The van der Waals surface area contributed by atoms with Crippen LogP contribution in [0.1, 0.15) is 35.6 Å². The highest BCUT2D eigenvalue weighted by molar-refractivity contribution is 5.88. The molecule has 0 fully saturated rings. The molecular formula is C22H28N2O2. The molecule has 1 N–H and O–H groups in total. The molecule has 1 atom stereocenters. The molecule has 0 heterocycles. The fourth-order valence-corrected chi connectivity index (χ4v) is 3.31. The molecule has 138 valence electrons. The van der Waals surface area contributed by atoms with Gasteiger partial charge in [0.1, 0.15) is 6.04 Å². The van der Waals surface area contributed by atoms with E-state index in [1.54, 1.807) is 11.9 Å². The van der Waals surface area contributed by atoms with Crippen molar-refractivity contribution in [3.8, 4) is 0 Å². The number of carbonyl (C=O) groups excluding carboxylic acids is 2. The Bertz CT molecular complexity index is 736. The van der Waals surface area contributed by atoms with Crippen LogP contribution in [-0.2, 0) is 22.6 Å². The summed E-state index contributed by atoms with van der Waals surface area (Å²) in [5.41, 5.74) is 4.28. The largest absolute Gasteiger partial charge is 0.357 e. The average molecular weight is 352 g/mol. The SMILES string of the molecule is CC[C@H](C(=O)NC)N(Cc1ccccc1)C(=O)Cc1cc(C)cc(C)c1. The van der Waals surface area contributed by atoms with E-state index in [1.165, 1.54) is 0 Å². The van der Waals surface area contributed by atoms with Gasteiger partial charge in [0.05, 0.1) is 6.42 Å². The molecule has 4 nitrogen and oxygen atoms in total.